The molecule has 0 aliphatic heterocycles. The summed E-state index contributed by atoms with van der Waals surface area (Å²) in [5.74, 6) is -2.43. The Morgan fingerprint density at radius 1 is 0.778 bits per heavy atom. The van der Waals surface area contributed by atoms with Crippen LogP contribution < -0.4 is 49.9 Å². The maximum Gasteiger partial charge on any atom is 0.243 e. The quantitative estimate of drug-likeness (QED) is 0.0460. The summed E-state index contributed by atoms with van der Waals surface area (Å²) in [4.78, 5) is 60.2. The number of carbonyl (C=O) groups excluding carboxylic acids is 4. The number of hydrogen-bond donors (Lipinski definition) is 10. The standard InChI is InChI=1S/C29H50N12O4/c1-4-7-22(42)39-21(9-6-15-37-29(34)35)26(44)41-23(17(2)3)27(45)40-20(8-5-14-36-28(32)33)25(43)38-16-18-10-12-19(13-11-18)24(30)31/h10-13,17,20-21,23H,4-9,14-16H2,1-3H3,(H3,30,31)(H,38,43)(H,39,42)(H,40,45)(H,41,44)(H4,32,33,36)(H4,34,35,37)/t20-,21-,23?/m0/s1. The highest BCUT2D eigenvalue weighted by Crippen LogP contribution is 2.09. The lowest BCUT2D eigenvalue weighted by Gasteiger charge is -2.27. The molecule has 1 rings (SSSR count). The van der Waals surface area contributed by atoms with Gasteiger partial charge in [0.15, 0.2) is 11.9 Å². The summed E-state index contributed by atoms with van der Waals surface area (Å²) in [6, 6.07) is 3.94. The fraction of sp³-hybridized carbons (Fsp3) is 0.552. The van der Waals surface area contributed by atoms with Gasteiger partial charge in [0.25, 0.3) is 0 Å². The van der Waals surface area contributed by atoms with Gasteiger partial charge in [-0.2, -0.15) is 0 Å². The fourth-order valence-corrected chi connectivity index (χ4v) is 4.20. The lowest BCUT2D eigenvalue weighted by Crippen LogP contribution is -2.58. The van der Waals surface area contributed by atoms with E-state index in [1.807, 2.05) is 6.92 Å². The van der Waals surface area contributed by atoms with Crippen LogP contribution in [0.25, 0.3) is 0 Å². The maximum absolute atomic E-state index is 13.5. The van der Waals surface area contributed by atoms with E-state index in [4.69, 9.17) is 34.1 Å². The molecule has 16 nitrogen and oxygen atoms in total. The number of rotatable bonds is 20. The Morgan fingerprint density at radius 3 is 1.78 bits per heavy atom. The first-order valence-corrected chi connectivity index (χ1v) is 15.0. The van der Waals surface area contributed by atoms with Gasteiger partial charge in [0.05, 0.1) is 0 Å². The van der Waals surface area contributed by atoms with Gasteiger partial charge in [-0.15, -0.1) is 0 Å². The van der Waals surface area contributed by atoms with Gasteiger partial charge in [-0.05, 0) is 43.6 Å². The number of aliphatic imine (C=N–C) groups is 2. The average Bonchev–Trinajstić information content (AvgIpc) is 2.97. The third kappa shape index (κ3) is 15.4. The Labute approximate surface area is 264 Å². The lowest BCUT2D eigenvalue weighted by atomic mass is 10.0. The van der Waals surface area contributed by atoms with Crippen molar-refractivity contribution in [1.29, 1.82) is 5.41 Å². The molecule has 4 amide bonds. The molecule has 1 unspecified atom stereocenters. The summed E-state index contributed by atoms with van der Waals surface area (Å²) in [6.07, 6.45) is 2.11. The van der Waals surface area contributed by atoms with E-state index in [1.165, 1.54) is 0 Å². The van der Waals surface area contributed by atoms with Gasteiger partial charge in [-0.25, -0.2) is 0 Å². The van der Waals surface area contributed by atoms with Gasteiger partial charge in [-0.3, -0.25) is 34.6 Å². The zero-order chi connectivity index (χ0) is 33.9. The van der Waals surface area contributed by atoms with Crippen LogP contribution in [0.15, 0.2) is 34.3 Å². The molecule has 0 aromatic heterocycles. The molecule has 0 aliphatic rings. The molecule has 0 saturated carbocycles. The maximum atomic E-state index is 13.5. The predicted molar refractivity (Wildman–Crippen MR) is 175 cm³/mol. The van der Waals surface area contributed by atoms with Crippen LogP contribution in [0, 0.1) is 11.3 Å². The van der Waals surface area contributed by atoms with Crippen LogP contribution in [0.4, 0.5) is 0 Å². The van der Waals surface area contributed by atoms with E-state index in [-0.39, 0.29) is 68.5 Å². The molecule has 0 bridgehead atoms. The third-order valence-corrected chi connectivity index (χ3v) is 6.63. The Morgan fingerprint density at radius 2 is 1.31 bits per heavy atom. The Kier molecular flexibility index (Phi) is 17.1. The molecule has 3 atom stereocenters. The highest BCUT2D eigenvalue weighted by Gasteiger charge is 2.31. The van der Waals surface area contributed by atoms with E-state index in [0.717, 1.165) is 5.56 Å². The number of amidine groups is 1. The number of nitrogens with zero attached hydrogens (tertiary/aromatic N) is 2. The van der Waals surface area contributed by atoms with Crippen LogP contribution in [-0.4, -0.2) is 72.6 Å². The fourth-order valence-electron chi connectivity index (χ4n) is 4.20. The smallest absolute Gasteiger partial charge is 0.243 e. The highest BCUT2D eigenvalue weighted by atomic mass is 16.2. The van der Waals surface area contributed by atoms with Crippen molar-refractivity contribution >= 4 is 41.4 Å². The Bertz CT molecular complexity index is 1190. The minimum Gasteiger partial charge on any atom is -0.384 e. The van der Waals surface area contributed by atoms with Crippen molar-refractivity contribution in [2.75, 3.05) is 13.1 Å². The zero-order valence-electron chi connectivity index (χ0n) is 26.4. The molecule has 0 radical (unpaired) electrons. The number of nitrogen functional groups attached to an aromatic ring is 1. The molecule has 0 heterocycles. The van der Waals surface area contributed by atoms with Gasteiger partial charge >= 0.3 is 0 Å². The first-order chi connectivity index (χ1) is 21.2. The molecule has 1 aromatic rings. The molecule has 0 spiro atoms. The minimum atomic E-state index is -1.01. The van der Waals surface area contributed by atoms with Gasteiger partial charge in [-0.1, -0.05) is 45.0 Å². The number of hydrogen-bond acceptors (Lipinski definition) is 7. The van der Waals surface area contributed by atoms with Gasteiger partial charge in [0, 0.05) is 31.6 Å². The normalized spacial score (nSPS) is 12.6. The zero-order valence-corrected chi connectivity index (χ0v) is 26.4. The van der Waals surface area contributed by atoms with Gasteiger partial charge in [0.2, 0.25) is 23.6 Å². The Balaban J connectivity index is 3.05. The molecular weight excluding hydrogens is 580 g/mol. The van der Waals surface area contributed by atoms with Crippen LogP contribution in [0.2, 0.25) is 0 Å². The summed E-state index contributed by atoms with van der Waals surface area (Å²) in [5, 5.41) is 18.6. The second kappa shape index (κ2) is 20.1. The molecule has 1 aromatic carbocycles. The molecule has 0 fully saturated rings. The molecular formula is C29H50N12O4. The highest BCUT2D eigenvalue weighted by molar-refractivity contribution is 5.95. The van der Waals surface area contributed by atoms with Crippen LogP contribution in [-0.2, 0) is 25.7 Å². The first kappa shape index (κ1) is 38.1. The monoisotopic (exact) mass is 630 g/mol. The van der Waals surface area contributed by atoms with Crippen LogP contribution in [0.3, 0.4) is 0 Å². The van der Waals surface area contributed by atoms with Crippen molar-refractivity contribution in [3.8, 4) is 0 Å². The second-order valence-corrected chi connectivity index (χ2v) is 10.9. The molecule has 15 N–H and O–H groups in total. The number of nitrogens with two attached hydrogens (primary N) is 5. The summed E-state index contributed by atoms with van der Waals surface area (Å²) < 4.78 is 0. The van der Waals surface area contributed by atoms with Crippen molar-refractivity contribution in [2.45, 2.75) is 84.0 Å². The number of benzene rings is 1. The number of carbonyl (C=O) groups is 4. The summed E-state index contributed by atoms with van der Waals surface area (Å²) in [7, 11) is 0. The molecule has 45 heavy (non-hydrogen) atoms. The van der Waals surface area contributed by atoms with Crippen molar-refractivity contribution < 1.29 is 19.2 Å². The average molecular weight is 631 g/mol. The summed E-state index contributed by atoms with van der Waals surface area (Å²) >= 11 is 0. The molecule has 16 heteroatoms. The van der Waals surface area contributed by atoms with Crippen LogP contribution in [0.1, 0.15) is 70.4 Å². The largest absolute Gasteiger partial charge is 0.384 e. The van der Waals surface area contributed by atoms with Crippen molar-refractivity contribution in [1.82, 2.24) is 21.3 Å². The summed E-state index contributed by atoms with van der Waals surface area (Å²) in [5.41, 5.74) is 28.4. The topological polar surface area (TPSA) is 295 Å². The lowest BCUT2D eigenvalue weighted by molar-refractivity contribution is -0.134. The van der Waals surface area contributed by atoms with E-state index in [9.17, 15) is 19.2 Å². The van der Waals surface area contributed by atoms with E-state index in [1.54, 1.807) is 38.1 Å². The van der Waals surface area contributed by atoms with Crippen LogP contribution >= 0.6 is 0 Å². The van der Waals surface area contributed by atoms with Gasteiger partial charge < -0.3 is 49.9 Å². The van der Waals surface area contributed by atoms with E-state index < -0.39 is 35.8 Å². The van der Waals surface area contributed by atoms with E-state index in [2.05, 4.69) is 31.3 Å². The Hall–Kier alpha value is -4.89. The molecule has 0 aliphatic carbocycles. The number of amides is 4. The molecule has 0 saturated heterocycles. The minimum absolute atomic E-state index is 0.0680. The third-order valence-electron chi connectivity index (χ3n) is 6.63. The number of guanidine groups is 2. The van der Waals surface area contributed by atoms with Crippen molar-refractivity contribution in [2.24, 2.45) is 44.6 Å². The van der Waals surface area contributed by atoms with Crippen molar-refractivity contribution in [3.05, 3.63) is 35.4 Å². The van der Waals surface area contributed by atoms with E-state index in [0.29, 0.717) is 24.8 Å². The first-order valence-electron chi connectivity index (χ1n) is 15.0. The predicted octanol–water partition coefficient (Wildman–Crippen LogP) is -1.40. The van der Waals surface area contributed by atoms with Crippen LogP contribution in [0.5, 0.6) is 0 Å². The second-order valence-electron chi connectivity index (χ2n) is 10.9. The SMILES string of the molecule is CCCC(=O)N[C@@H](CCCN=C(N)N)C(=O)NC(C(=O)N[C@@H](CCCN=C(N)N)C(=O)NCc1ccc(C(=N)N)cc1)C(C)C. The van der Waals surface area contributed by atoms with Crippen molar-refractivity contribution in [3.63, 3.8) is 0 Å². The molecule has 250 valence electrons. The van der Waals surface area contributed by atoms with Gasteiger partial charge in [0.1, 0.15) is 24.0 Å². The number of nitrogens with one attached hydrogen (secondary N) is 5. The summed E-state index contributed by atoms with van der Waals surface area (Å²) in [6.45, 7) is 6.04. The van der Waals surface area contributed by atoms with E-state index >= 15 is 0 Å².